The molecule has 4 rings (SSSR count). The number of rotatable bonds is 7. The average Bonchev–Trinajstić information content (AvgIpc) is 3.40. The molecule has 0 aliphatic rings. The van der Waals surface area contributed by atoms with E-state index in [4.69, 9.17) is 0 Å². The lowest BCUT2D eigenvalue weighted by molar-refractivity contribution is -0.121. The van der Waals surface area contributed by atoms with Gasteiger partial charge in [0, 0.05) is 25.5 Å². The van der Waals surface area contributed by atoms with Gasteiger partial charge in [-0.2, -0.15) is 10.2 Å². The van der Waals surface area contributed by atoms with Gasteiger partial charge in [-0.1, -0.05) is 0 Å². The van der Waals surface area contributed by atoms with Crippen LogP contribution < -0.4 is 10.9 Å². The number of nitrogens with zero attached hydrogens (tertiary/aromatic N) is 6. The number of carbonyl (C=O) groups excluding carboxylic acids is 1. The highest BCUT2D eigenvalue weighted by atomic mass is 19.1. The topological polar surface area (TPSA) is 90.0 Å². The molecular formula is C22H24FN7O2. The van der Waals surface area contributed by atoms with Crippen molar-refractivity contribution in [1.29, 1.82) is 0 Å². The first-order chi connectivity index (χ1) is 15.3. The molecule has 0 radical (unpaired) electrons. The third-order valence-corrected chi connectivity index (χ3v) is 5.02. The first kappa shape index (κ1) is 21.4. The Hall–Kier alpha value is -3.79. The summed E-state index contributed by atoms with van der Waals surface area (Å²) in [5.74, 6) is -0.170. The number of aromatic nitrogens is 5. The van der Waals surface area contributed by atoms with Crippen LogP contribution >= 0.6 is 0 Å². The van der Waals surface area contributed by atoms with E-state index < -0.39 is 5.56 Å². The standard InChI is InChI=1S/C22H24FN7O2/c1-15-20-19(22(32)29(25-15)14-18(31)24-10-13-27(2)3)21(28-11-4-5-12-28)30(26-20)17-8-6-16(23)7-9-17/h4-9,11-12H,10,13-14H2,1-3H3,(H,24,31). The number of amides is 1. The van der Waals surface area contributed by atoms with Gasteiger partial charge in [-0.15, -0.1) is 0 Å². The van der Waals surface area contributed by atoms with Crippen LogP contribution in [-0.4, -0.2) is 62.1 Å². The largest absolute Gasteiger partial charge is 0.353 e. The Morgan fingerprint density at radius 1 is 1.12 bits per heavy atom. The highest BCUT2D eigenvalue weighted by Gasteiger charge is 2.22. The number of hydrogen-bond donors (Lipinski definition) is 1. The lowest BCUT2D eigenvalue weighted by atomic mass is 10.2. The van der Waals surface area contributed by atoms with Gasteiger partial charge in [-0.25, -0.2) is 13.8 Å². The maximum atomic E-state index is 13.5. The first-order valence-corrected chi connectivity index (χ1v) is 10.2. The van der Waals surface area contributed by atoms with E-state index in [0.717, 1.165) is 4.68 Å². The van der Waals surface area contributed by atoms with Gasteiger partial charge in [0.1, 0.15) is 23.3 Å². The average molecular weight is 437 g/mol. The Morgan fingerprint density at radius 3 is 2.47 bits per heavy atom. The summed E-state index contributed by atoms with van der Waals surface area (Å²) in [6, 6.07) is 9.52. The van der Waals surface area contributed by atoms with Crippen molar-refractivity contribution in [3.63, 3.8) is 0 Å². The van der Waals surface area contributed by atoms with Crippen LogP contribution in [0.15, 0.2) is 53.6 Å². The van der Waals surface area contributed by atoms with Crippen LogP contribution in [0.2, 0.25) is 0 Å². The minimum atomic E-state index is -0.426. The van der Waals surface area contributed by atoms with Gasteiger partial charge in [-0.05, 0) is 57.4 Å². The van der Waals surface area contributed by atoms with Gasteiger partial charge in [0.2, 0.25) is 5.91 Å². The van der Waals surface area contributed by atoms with E-state index in [9.17, 15) is 14.0 Å². The van der Waals surface area contributed by atoms with Crippen molar-refractivity contribution in [1.82, 2.24) is 34.3 Å². The van der Waals surface area contributed by atoms with Gasteiger partial charge in [-0.3, -0.25) is 9.59 Å². The second-order valence-electron chi connectivity index (χ2n) is 7.73. The van der Waals surface area contributed by atoms with Crippen molar-refractivity contribution in [2.24, 2.45) is 0 Å². The number of nitrogens with one attached hydrogen (secondary N) is 1. The fraction of sp³-hybridized carbons (Fsp3) is 0.273. The highest BCUT2D eigenvalue weighted by molar-refractivity contribution is 5.88. The molecule has 0 unspecified atom stereocenters. The fourth-order valence-electron chi connectivity index (χ4n) is 3.46. The number of carbonyl (C=O) groups is 1. The van der Waals surface area contributed by atoms with E-state index >= 15 is 0 Å². The number of fused-ring (bicyclic) bond motifs is 1. The molecule has 1 amide bonds. The zero-order valence-corrected chi connectivity index (χ0v) is 18.1. The van der Waals surface area contributed by atoms with Gasteiger partial charge < -0.3 is 14.8 Å². The van der Waals surface area contributed by atoms with E-state index in [-0.39, 0.29) is 18.3 Å². The van der Waals surface area contributed by atoms with Crippen LogP contribution in [0.5, 0.6) is 0 Å². The Morgan fingerprint density at radius 2 is 1.81 bits per heavy atom. The molecule has 4 aromatic rings. The summed E-state index contributed by atoms with van der Waals surface area (Å²) in [5, 5.41) is 12.1. The lowest BCUT2D eigenvalue weighted by Crippen LogP contribution is -2.37. The second-order valence-corrected chi connectivity index (χ2v) is 7.73. The number of aryl methyl sites for hydroxylation is 1. The summed E-state index contributed by atoms with van der Waals surface area (Å²) in [6.07, 6.45) is 3.59. The Bertz CT molecular complexity index is 1310. The molecule has 0 saturated heterocycles. The molecule has 3 heterocycles. The lowest BCUT2D eigenvalue weighted by Gasteiger charge is -2.11. The predicted octanol–water partition coefficient (Wildman–Crippen LogP) is 1.50. The smallest absolute Gasteiger partial charge is 0.280 e. The summed E-state index contributed by atoms with van der Waals surface area (Å²) in [7, 11) is 3.83. The molecule has 9 nitrogen and oxygen atoms in total. The van der Waals surface area contributed by atoms with Crippen molar-refractivity contribution in [3.8, 4) is 11.5 Å². The Labute approximate surface area is 183 Å². The van der Waals surface area contributed by atoms with Crippen LogP contribution in [0.25, 0.3) is 22.4 Å². The van der Waals surface area contributed by atoms with Gasteiger partial charge in [0.05, 0.1) is 11.4 Å². The van der Waals surface area contributed by atoms with Gasteiger partial charge in [0.15, 0.2) is 5.82 Å². The third kappa shape index (κ3) is 4.17. The minimum Gasteiger partial charge on any atom is -0.353 e. The zero-order valence-electron chi connectivity index (χ0n) is 18.1. The molecule has 0 aliphatic heterocycles. The van der Waals surface area contributed by atoms with Crippen molar-refractivity contribution in [2.45, 2.75) is 13.5 Å². The number of hydrogen-bond acceptors (Lipinski definition) is 5. The molecule has 32 heavy (non-hydrogen) atoms. The fourth-order valence-corrected chi connectivity index (χ4v) is 3.46. The van der Waals surface area contributed by atoms with Gasteiger partial charge in [0.25, 0.3) is 5.56 Å². The molecule has 0 saturated carbocycles. The van der Waals surface area contributed by atoms with Gasteiger partial charge >= 0.3 is 0 Å². The third-order valence-electron chi connectivity index (χ3n) is 5.02. The van der Waals surface area contributed by atoms with E-state index in [0.29, 0.717) is 41.2 Å². The molecule has 0 spiro atoms. The number of halogens is 1. The van der Waals surface area contributed by atoms with Crippen molar-refractivity contribution >= 4 is 16.8 Å². The Balaban J connectivity index is 1.83. The molecule has 0 atom stereocenters. The molecule has 1 aromatic carbocycles. The quantitative estimate of drug-likeness (QED) is 0.473. The SMILES string of the molecule is Cc1nn(CC(=O)NCCN(C)C)c(=O)c2c(-n3cccc3)n(-c3ccc(F)cc3)nc12. The predicted molar refractivity (Wildman–Crippen MR) is 119 cm³/mol. The molecule has 10 heteroatoms. The molecule has 166 valence electrons. The molecule has 0 aliphatic carbocycles. The monoisotopic (exact) mass is 437 g/mol. The maximum absolute atomic E-state index is 13.5. The van der Waals surface area contributed by atoms with Crippen molar-refractivity contribution in [2.75, 3.05) is 27.2 Å². The molecule has 0 bridgehead atoms. The van der Waals surface area contributed by atoms with E-state index in [1.165, 1.54) is 12.1 Å². The summed E-state index contributed by atoms with van der Waals surface area (Å²) < 4.78 is 18.0. The number of likely N-dealkylation sites (N-methyl/N-ethyl adjacent to an activating group) is 1. The van der Waals surface area contributed by atoms with Crippen LogP contribution in [0.4, 0.5) is 4.39 Å². The zero-order chi connectivity index (χ0) is 22.8. The minimum absolute atomic E-state index is 0.199. The van der Waals surface area contributed by atoms with E-state index in [1.54, 1.807) is 40.7 Å². The summed E-state index contributed by atoms with van der Waals surface area (Å²) >= 11 is 0. The van der Waals surface area contributed by atoms with Crippen LogP contribution in [0, 0.1) is 12.7 Å². The first-order valence-electron chi connectivity index (χ1n) is 10.2. The van der Waals surface area contributed by atoms with Crippen LogP contribution in [-0.2, 0) is 11.3 Å². The summed E-state index contributed by atoms with van der Waals surface area (Å²) in [6.45, 7) is 2.70. The van der Waals surface area contributed by atoms with Crippen molar-refractivity contribution < 1.29 is 9.18 Å². The highest BCUT2D eigenvalue weighted by Crippen LogP contribution is 2.24. The maximum Gasteiger partial charge on any atom is 0.280 e. The number of benzene rings is 1. The molecule has 1 N–H and O–H groups in total. The van der Waals surface area contributed by atoms with E-state index in [1.807, 2.05) is 31.1 Å². The van der Waals surface area contributed by atoms with E-state index in [2.05, 4.69) is 15.5 Å². The normalized spacial score (nSPS) is 11.4. The molecule has 0 fully saturated rings. The summed E-state index contributed by atoms with van der Waals surface area (Å²) in [5.41, 5.74) is 1.10. The second kappa shape index (κ2) is 8.75. The molecular weight excluding hydrogens is 413 g/mol. The summed E-state index contributed by atoms with van der Waals surface area (Å²) in [4.78, 5) is 27.7. The molecule has 3 aromatic heterocycles. The Kier molecular flexibility index (Phi) is 5.87. The van der Waals surface area contributed by atoms with Crippen LogP contribution in [0.3, 0.4) is 0 Å². The van der Waals surface area contributed by atoms with Crippen molar-refractivity contribution in [3.05, 3.63) is 70.7 Å². The van der Waals surface area contributed by atoms with Crippen LogP contribution in [0.1, 0.15) is 5.69 Å².